The van der Waals surface area contributed by atoms with Crippen LogP contribution in [-0.2, 0) is 4.79 Å². The molecule has 3 heteroatoms. The lowest BCUT2D eigenvalue weighted by molar-refractivity contribution is -0.117. The third-order valence-corrected chi connectivity index (χ3v) is 1.72. The summed E-state index contributed by atoms with van der Waals surface area (Å²) in [4.78, 5) is 14.5. The summed E-state index contributed by atoms with van der Waals surface area (Å²) in [5, 5.41) is 3.21. The van der Waals surface area contributed by atoms with Crippen molar-refractivity contribution in [1.82, 2.24) is 4.98 Å². The molecule has 0 saturated carbocycles. The first-order chi connectivity index (χ1) is 6.29. The van der Waals surface area contributed by atoms with Gasteiger partial charge in [-0.1, -0.05) is 0 Å². The molecule has 0 amide bonds. The molecule has 0 aliphatic heterocycles. The average Bonchev–Trinajstić information content (AvgIpc) is 2.14. The molecule has 1 rings (SSSR count). The zero-order valence-corrected chi connectivity index (χ0v) is 7.79. The van der Waals surface area contributed by atoms with E-state index in [0.29, 0.717) is 6.42 Å². The highest BCUT2D eigenvalue weighted by Crippen LogP contribution is 2.03. The van der Waals surface area contributed by atoms with E-state index in [1.807, 2.05) is 12.1 Å². The van der Waals surface area contributed by atoms with Crippen molar-refractivity contribution < 1.29 is 4.79 Å². The Bertz CT molecular complexity index is 259. The van der Waals surface area contributed by atoms with Gasteiger partial charge in [-0.2, -0.15) is 0 Å². The van der Waals surface area contributed by atoms with Gasteiger partial charge in [0.25, 0.3) is 0 Å². The Morgan fingerprint density at radius 1 is 1.46 bits per heavy atom. The molecule has 0 aliphatic rings. The van der Waals surface area contributed by atoms with E-state index in [2.05, 4.69) is 10.3 Å². The zero-order valence-electron chi connectivity index (χ0n) is 7.79. The SMILES string of the molecule is CC(=O)CCCNc1ccncc1. The summed E-state index contributed by atoms with van der Waals surface area (Å²) in [7, 11) is 0. The molecule has 1 heterocycles. The van der Waals surface area contributed by atoms with Crippen molar-refractivity contribution in [3.8, 4) is 0 Å². The number of anilines is 1. The van der Waals surface area contributed by atoms with Gasteiger partial charge in [0.2, 0.25) is 0 Å². The van der Waals surface area contributed by atoms with Gasteiger partial charge >= 0.3 is 0 Å². The Morgan fingerprint density at radius 3 is 2.77 bits per heavy atom. The molecule has 1 aromatic heterocycles. The highest BCUT2D eigenvalue weighted by molar-refractivity contribution is 5.75. The molecule has 0 radical (unpaired) electrons. The molecule has 0 saturated heterocycles. The van der Waals surface area contributed by atoms with Crippen molar-refractivity contribution >= 4 is 11.5 Å². The number of hydrogen-bond acceptors (Lipinski definition) is 3. The topological polar surface area (TPSA) is 42.0 Å². The van der Waals surface area contributed by atoms with Crippen LogP contribution in [0.25, 0.3) is 0 Å². The van der Waals surface area contributed by atoms with Crippen LogP contribution in [0.1, 0.15) is 19.8 Å². The summed E-state index contributed by atoms with van der Waals surface area (Å²) in [5.74, 6) is 0.247. The van der Waals surface area contributed by atoms with Crippen molar-refractivity contribution in [2.75, 3.05) is 11.9 Å². The Kier molecular flexibility index (Phi) is 3.96. The number of Topliss-reactive ketones (excluding diaryl/α,β-unsaturated/α-hetero) is 1. The monoisotopic (exact) mass is 178 g/mol. The summed E-state index contributed by atoms with van der Waals surface area (Å²) < 4.78 is 0. The van der Waals surface area contributed by atoms with Gasteiger partial charge in [-0.05, 0) is 25.5 Å². The highest BCUT2D eigenvalue weighted by atomic mass is 16.1. The van der Waals surface area contributed by atoms with Gasteiger partial charge in [-0.25, -0.2) is 0 Å². The van der Waals surface area contributed by atoms with Gasteiger partial charge in [-0.3, -0.25) is 4.98 Å². The maximum atomic E-state index is 10.6. The molecule has 70 valence electrons. The van der Waals surface area contributed by atoms with Crippen LogP contribution in [0.15, 0.2) is 24.5 Å². The first kappa shape index (κ1) is 9.71. The molecule has 0 spiro atoms. The molecular formula is C10H14N2O. The Hall–Kier alpha value is -1.38. The second-order valence-electron chi connectivity index (χ2n) is 2.97. The van der Waals surface area contributed by atoms with Gasteiger partial charge in [0, 0.05) is 31.0 Å². The fourth-order valence-electron chi connectivity index (χ4n) is 1.04. The van der Waals surface area contributed by atoms with Gasteiger partial charge in [0.05, 0.1) is 0 Å². The number of carbonyl (C=O) groups excluding carboxylic acids is 1. The smallest absolute Gasteiger partial charge is 0.129 e. The average molecular weight is 178 g/mol. The van der Waals surface area contributed by atoms with E-state index in [1.54, 1.807) is 19.3 Å². The maximum absolute atomic E-state index is 10.6. The van der Waals surface area contributed by atoms with Crippen LogP contribution >= 0.6 is 0 Å². The standard InChI is InChI=1S/C10H14N2O/c1-9(13)3-2-6-12-10-4-7-11-8-5-10/h4-5,7-8H,2-3,6H2,1H3,(H,11,12). The third kappa shape index (κ3) is 4.25. The number of nitrogens with one attached hydrogen (secondary N) is 1. The lowest BCUT2D eigenvalue weighted by Gasteiger charge is -2.03. The number of rotatable bonds is 5. The summed E-state index contributed by atoms with van der Waals surface area (Å²) in [6.45, 7) is 2.45. The predicted molar refractivity (Wildman–Crippen MR) is 52.6 cm³/mol. The summed E-state index contributed by atoms with van der Waals surface area (Å²) >= 11 is 0. The van der Waals surface area contributed by atoms with E-state index in [0.717, 1.165) is 18.7 Å². The fraction of sp³-hybridized carbons (Fsp3) is 0.400. The lowest BCUT2D eigenvalue weighted by Crippen LogP contribution is -2.03. The summed E-state index contributed by atoms with van der Waals surface area (Å²) in [6, 6.07) is 3.82. The molecule has 0 aromatic carbocycles. The molecule has 0 fully saturated rings. The third-order valence-electron chi connectivity index (χ3n) is 1.72. The van der Waals surface area contributed by atoms with Crippen molar-refractivity contribution in [3.05, 3.63) is 24.5 Å². The molecule has 0 atom stereocenters. The van der Waals surface area contributed by atoms with Gasteiger partial charge in [0.15, 0.2) is 0 Å². The molecule has 1 aromatic rings. The van der Waals surface area contributed by atoms with Crippen molar-refractivity contribution in [2.24, 2.45) is 0 Å². The molecule has 1 N–H and O–H groups in total. The fourth-order valence-corrected chi connectivity index (χ4v) is 1.04. The number of nitrogens with zero attached hydrogens (tertiary/aromatic N) is 1. The first-order valence-corrected chi connectivity index (χ1v) is 4.42. The summed E-state index contributed by atoms with van der Waals surface area (Å²) in [5.41, 5.74) is 1.05. The largest absolute Gasteiger partial charge is 0.385 e. The van der Waals surface area contributed by atoms with Gasteiger partial charge in [0.1, 0.15) is 5.78 Å². The molecule has 0 bridgehead atoms. The van der Waals surface area contributed by atoms with Gasteiger partial charge < -0.3 is 10.1 Å². The Morgan fingerprint density at radius 2 is 2.15 bits per heavy atom. The van der Waals surface area contributed by atoms with Crippen molar-refractivity contribution in [2.45, 2.75) is 19.8 Å². The quantitative estimate of drug-likeness (QED) is 0.700. The zero-order chi connectivity index (χ0) is 9.52. The first-order valence-electron chi connectivity index (χ1n) is 4.42. The van der Waals surface area contributed by atoms with Gasteiger partial charge in [-0.15, -0.1) is 0 Å². The second kappa shape index (κ2) is 5.30. The van der Waals surface area contributed by atoms with Crippen LogP contribution in [0.3, 0.4) is 0 Å². The highest BCUT2D eigenvalue weighted by Gasteiger charge is 1.93. The number of pyridine rings is 1. The normalized spacial score (nSPS) is 9.62. The number of carbonyl (C=O) groups is 1. The van der Waals surface area contributed by atoms with Crippen LogP contribution in [0, 0.1) is 0 Å². The van der Waals surface area contributed by atoms with Crippen molar-refractivity contribution in [1.29, 1.82) is 0 Å². The minimum Gasteiger partial charge on any atom is -0.385 e. The number of aromatic nitrogens is 1. The van der Waals surface area contributed by atoms with Crippen LogP contribution in [0.5, 0.6) is 0 Å². The lowest BCUT2D eigenvalue weighted by atomic mass is 10.2. The summed E-state index contributed by atoms with van der Waals surface area (Å²) in [6.07, 6.45) is 5.02. The molecule has 0 unspecified atom stereocenters. The van der Waals surface area contributed by atoms with E-state index in [4.69, 9.17) is 0 Å². The minimum atomic E-state index is 0.247. The Balaban J connectivity index is 2.17. The molecule has 13 heavy (non-hydrogen) atoms. The van der Waals surface area contributed by atoms with Crippen LogP contribution < -0.4 is 5.32 Å². The minimum absolute atomic E-state index is 0.247. The second-order valence-corrected chi connectivity index (χ2v) is 2.97. The van der Waals surface area contributed by atoms with E-state index >= 15 is 0 Å². The predicted octanol–water partition coefficient (Wildman–Crippen LogP) is 1.86. The van der Waals surface area contributed by atoms with Crippen LogP contribution in [-0.4, -0.2) is 17.3 Å². The van der Waals surface area contributed by atoms with E-state index in [-0.39, 0.29) is 5.78 Å². The van der Waals surface area contributed by atoms with E-state index in [9.17, 15) is 4.79 Å². The van der Waals surface area contributed by atoms with Crippen molar-refractivity contribution in [3.63, 3.8) is 0 Å². The number of ketones is 1. The molecule has 0 aliphatic carbocycles. The van der Waals surface area contributed by atoms with Crippen LogP contribution in [0.2, 0.25) is 0 Å². The number of hydrogen-bond donors (Lipinski definition) is 1. The maximum Gasteiger partial charge on any atom is 0.129 e. The Labute approximate surface area is 78.2 Å². The molecular weight excluding hydrogens is 164 g/mol. The van der Waals surface area contributed by atoms with Crippen LogP contribution in [0.4, 0.5) is 5.69 Å². The molecule has 3 nitrogen and oxygen atoms in total. The van der Waals surface area contributed by atoms with E-state index < -0.39 is 0 Å². The van der Waals surface area contributed by atoms with E-state index in [1.165, 1.54) is 0 Å².